The summed E-state index contributed by atoms with van der Waals surface area (Å²) in [5.74, 6) is 0.459. The summed E-state index contributed by atoms with van der Waals surface area (Å²) in [6, 6.07) is 7.21. The number of rotatable bonds is 7. The van der Waals surface area contributed by atoms with Gasteiger partial charge in [-0.15, -0.1) is 0 Å². The van der Waals surface area contributed by atoms with Gasteiger partial charge in [0, 0.05) is 46.3 Å². The number of hydrogen-bond acceptors (Lipinski definition) is 5. The Labute approximate surface area is 218 Å². The van der Waals surface area contributed by atoms with E-state index in [2.05, 4.69) is 25.7 Å². The van der Waals surface area contributed by atoms with Gasteiger partial charge in [0.2, 0.25) is 0 Å². The second-order valence-electron chi connectivity index (χ2n) is 9.11. The molecule has 1 aromatic carbocycles. The number of imidazole rings is 1. The smallest absolute Gasteiger partial charge is 0.369 e. The van der Waals surface area contributed by atoms with Crippen LogP contribution in [0.1, 0.15) is 48.1 Å². The average molecular weight is 538 g/mol. The predicted octanol–water partition coefficient (Wildman–Crippen LogP) is 3.55. The summed E-state index contributed by atoms with van der Waals surface area (Å²) in [6.07, 6.45) is 1.41. The lowest BCUT2D eigenvalue weighted by Gasteiger charge is -2.13. The van der Waals surface area contributed by atoms with Crippen LogP contribution >= 0.6 is 0 Å². The van der Waals surface area contributed by atoms with E-state index in [-0.39, 0.29) is 18.4 Å². The molecule has 3 N–H and O–H groups in total. The number of H-pyrrole nitrogens is 1. The number of ether oxygens (including phenoxy) is 1. The van der Waals surface area contributed by atoms with Crippen LogP contribution in [0, 0.1) is 0 Å². The lowest BCUT2D eigenvalue weighted by Crippen LogP contribution is -2.27. The number of aromatic amines is 1. The molecule has 1 saturated heterocycles. The molecule has 1 aliphatic carbocycles. The van der Waals surface area contributed by atoms with Crippen LogP contribution in [0.5, 0.6) is 0 Å². The fourth-order valence-corrected chi connectivity index (χ4v) is 3.48. The largest absolute Gasteiger partial charge is 0.411 e. The van der Waals surface area contributed by atoms with Gasteiger partial charge in [-0.2, -0.15) is 18.3 Å². The minimum Gasteiger partial charge on any atom is -0.369 e. The van der Waals surface area contributed by atoms with Crippen molar-refractivity contribution in [3.05, 3.63) is 47.5 Å². The van der Waals surface area contributed by atoms with Crippen LogP contribution in [0.15, 0.2) is 30.5 Å². The molecule has 13 heteroatoms. The molecule has 0 bridgehead atoms. The molecule has 0 spiro atoms. The number of benzene rings is 1. The molecule has 3 aromatic rings. The van der Waals surface area contributed by atoms with E-state index in [9.17, 15) is 22.8 Å². The molecule has 2 fully saturated rings. The minimum atomic E-state index is -4.33. The van der Waals surface area contributed by atoms with Gasteiger partial charge in [-0.05, 0) is 30.7 Å². The van der Waals surface area contributed by atoms with Crippen LogP contribution in [0.3, 0.4) is 0 Å². The zero-order chi connectivity index (χ0) is 27.7. The fraction of sp³-hybridized carbons (Fsp3) is 0.520. The Morgan fingerprint density at radius 3 is 2.53 bits per heavy atom. The van der Waals surface area contributed by atoms with Crippen LogP contribution in [-0.2, 0) is 24.8 Å². The number of halogens is 3. The van der Waals surface area contributed by atoms with Crippen LogP contribution in [-0.4, -0.2) is 75.6 Å². The monoisotopic (exact) mass is 537 g/mol. The molecule has 1 saturated carbocycles. The second kappa shape index (κ2) is 13.3. The zero-order valence-corrected chi connectivity index (χ0v) is 21.8. The number of amides is 3. The van der Waals surface area contributed by atoms with Crippen molar-refractivity contribution in [2.24, 2.45) is 7.05 Å². The van der Waals surface area contributed by atoms with Crippen molar-refractivity contribution < 1.29 is 27.5 Å². The summed E-state index contributed by atoms with van der Waals surface area (Å²) < 4.78 is 42.9. The van der Waals surface area contributed by atoms with Crippen LogP contribution in [0.2, 0.25) is 0 Å². The predicted molar refractivity (Wildman–Crippen MR) is 136 cm³/mol. The van der Waals surface area contributed by atoms with Gasteiger partial charge in [0.15, 0.2) is 0 Å². The number of aromatic nitrogens is 4. The number of alkyl halides is 3. The van der Waals surface area contributed by atoms with Crippen molar-refractivity contribution in [3.8, 4) is 0 Å². The molecule has 0 radical (unpaired) electrons. The number of carbonyl (C=O) groups is 2. The van der Waals surface area contributed by atoms with E-state index < -0.39 is 18.9 Å². The molecule has 10 nitrogen and oxygen atoms in total. The highest BCUT2D eigenvalue weighted by molar-refractivity contribution is 5.92. The first-order valence-electron chi connectivity index (χ1n) is 12.4. The maximum atomic E-state index is 12.2. The molecule has 0 unspecified atom stereocenters. The first kappa shape index (κ1) is 29.0. The first-order chi connectivity index (χ1) is 18.1. The van der Waals surface area contributed by atoms with Crippen LogP contribution in [0.25, 0.3) is 11.0 Å². The lowest BCUT2D eigenvalue weighted by atomic mass is 10.2. The summed E-state index contributed by atoms with van der Waals surface area (Å²) in [5, 5.41) is 9.10. The summed E-state index contributed by atoms with van der Waals surface area (Å²) in [6.45, 7) is 2.12. The number of nitrogens with zero attached hydrogens (tertiary/aromatic N) is 4. The number of carbonyl (C=O) groups excluding carboxylic acids is 2. The Kier molecular flexibility index (Phi) is 10.1. The standard InChI is InChI=1S/C16H19F3N4O2.C6H9N3O.C3H6/c1-10(25-9-16(17,18)19)6-14-21-12-3-2-11(7-13(12)22-14)8-23-5-4-20-15(23)24;1-7-6(10)5-3-4-8-9(5)2;1-2-3-1/h2-3,7,10H,4-6,8-9H2,1H3,(H,20,24)(H,21,22);3-4H,1-2H3,(H,7,10);1-3H2/t10-;;/m1../s1. The third-order valence-corrected chi connectivity index (χ3v) is 5.56. The average Bonchev–Trinajstić information content (AvgIpc) is 3.48. The number of urea groups is 1. The topological polar surface area (TPSA) is 117 Å². The normalized spacial score (nSPS) is 15.2. The zero-order valence-electron chi connectivity index (χ0n) is 21.8. The van der Waals surface area contributed by atoms with Crippen molar-refractivity contribution in [2.45, 2.75) is 51.4 Å². The Morgan fingerprint density at radius 2 is 1.97 bits per heavy atom. The Hall–Kier alpha value is -3.61. The van der Waals surface area contributed by atoms with E-state index in [1.54, 1.807) is 38.2 Å². The summed E-state index contributed by atoms with van der Waals surface area (Å²) >= 11 is 0. The number of fused-ring (bicyclic) bond motifs is 1. The third kappa shape index (κ3) is 9.36. The van der Waals surface area contributed by atoms with Crippen LogP contribution in [0.4, 0.5) is 18.0 Å². The molecule has 208 valence electrons. The number of nitrogens with one attached hydrogen (secondary N) is 3. The molecule has 38 heavy (non-hydrogen) atoms. The van der Waals surface area contributed by atoms with Gasteiger partial charge in [0.1, 0.15) is 18.1 Å². The van der Waals surface area contributed by atoms with Gasteiger partial charge in [-0.3, -0.25) is 9.48 Å². The quantitative estimate of drug-likeness (QED) is 0.426. The second-order valence-corrected chi connectivity index (χ2v) is 9.11. The van der Waals surface area contributed by atoms with Gasteiger partial charge in [-0.1, -0.05) is 25.3 Å². The molecule has 1 aliphatic heterocycles. The first-order valence-corrected chi connectivity index (χ1v) is 12.4. The highest BCUT2D eigenvalue weighted by Crippen LogP contribution is 2.19. The van der Waals surface area contributed by atoms with E-state index in [4.69, 9.17) is 4.74 Å². The Balaban J connectivity index is 0.000000252. The molecule has 3 heterocycles. The van der Waals surface area contributed by atoms with E-state index >= 15 is 0 Å². The van der Waals surface area contributed by atoms with Gasteiger partial charge < -0.3 is 25.3 Å². The summed E-state index contributed by atoms with van der Waals surface area (Å²) in [7, 11) is 3.32. The number of hydrogen-bond donors (Lipinski definition) is 3. The summed E-state index contributed by atoms with van der Waals surface area (Å²) in [5.41, 5.74) is 3.05. The maximum Gasteiger partial charge on any atom is 0.411 e. The highest BCUT2D eigenvalue weighted by atomic mass is 19.4. The summed E-state index contributed by atoms with van der Waals surface area (Å²) in [4.78, 5) is 31.7. The molecule has 2 aliphatic rings. The van der Waals surface area contributed by atoms with Crippen molar-refractivity contribution in [2.75, 3.05) is 26.7 Å². The van der Waals surface area contributed by atoms with E-state index in [0.717, 1.165) is 16.6 Å². The molecule has 5 rings (SSSR count). The maximum absolute atomic E-state index is 12.2. The van der Waals surface area contributed by atoms with Gasteiger partial charge in [0.25, 0.3) is 5.91 Å². The molecular weight excluding hydrogens is 503 g/mol. The third-order valence-electron chi connectivity index (χ3n) is 5.56. The fourth-order valence-electron chi connectivity index (χ4n) is 3.48. The Morgan fingerprint density at radius 1 is 1.24 bits per heavy atom. The SMILES string of the molecule is C1CC1.CNC(=O)c1ccnn1C.C[C@H](Cc1nc2ccc(CN3CCNC3=O)cc2[nH]1)OCC(F)(F)F. The van der Waals surface area contributed by atoms with Crippen molar-refractivity contribution in [1.29, 1.82) is 0 Å². The van der Waals surface area contributed by atoms with Gasteiger partial charge >= 0.3 is 12.2 Å². The van der Waals surface area contributed by atoms with E-state index in [1.165, 1.54) is 23.9 Å². The lowest BCUT2D eigenvalue weighted by molar-refractivity contribution is -0.183. The van der Waals surface area contributed by atoms with Crippen molar-refractivity contribution in [1.82, 2.24) is 35.3 Å². The molecular formula is C25H34F3N7O3. The van der Waals surface area contributed by atoms with E-state index in [1.807, 2.05) is 18.2 Å². The van der Waals surface area contributed by atoms with Crippen molar-refractivity contribution in [3.63, 3.8) is 0 Å². The molecule has 1 atom stereocenters. The van der Waals surface area contributed by atoms with Gasteiger partial charge in [-0.25, -0.2) is 9.78 Å². The van der Waals surface area contributed by atoms with Gasteiger partial charge in [0.05, 0.1) is 17.1 Å². The van der Waals surface area contributed by atoms with Crippen molar-refractivity contribution >= 4 is 23.0 Å². The van der Waals surface area contributed by atoms with E-state index in [0.29, 0.717) is 31.2 Å². The number of aryl methyl sites for hydroxylation is 1. The molecule has 2 aromatic heterocycles. The van der Waals surface area contributed by atoms with Crippen LogP contribution < -0.4 is 10.6 Å². The molecule has 3 amide bonds. The minimum absolute atomic E-state index is 0.0824. The Bertz CT molecular complexity index is 1200. The highest BCUT2D eigenvalue weighted by Gasteiger charge is 2.28.